The van der Waals surface area contributed by atoms with Crippen molar-refractivity contribution < 1.29 is 14.3 Å². The first-order valence-corrected chi connectivity index (χ1v) is 9.46. The standard InChI is InChI=1S/C18H23Cl2N3O3/c1-18(2)11-26-17(25)23(18)14-5-7-22(8-6-14)16(24)21-10-12-3-4-13(19)9-15(12)20/h3-4,9,14H,5-8,10-11H2,1-2H3,(H,21,24). The summed E-state index contributed by atoms with van der Waals surface area (Å²) in [4.78, 5) is 28.0. The highest BCUT2D eigenvalue weighted by molar-refractivity contribution is 6.35. The van der Waals surface area contributed by atoms with Gasteiger partial charge in [-0.1, -0.05) is 29.3 Å². The number of rotatable bonds is 3. The minimum Gasteiger partial charge on any atom is -0.447 e. The molecule has 1 aromatic rings. The van der Waals surface area contributed by atoms with Crippen LogP contribution in [0, 0.1) is 0 Å². The number of hydrogen-bond acceptors (Lipinski definition) is 3. The molecule has 2 heterocycles. The van der Waals surface area contributed by atoms with Crippen LogP contribution < -0.4 is 5.32 Å². The maximum absolute atomic E-state index is 12.4. The number of nitrogens with zero attached hydrogens (tertiary/aromatic N) is 2. The van der Waals surface area contributed by atoms with Crippen molar-refractivity contribution in [2.24, 2.45) is 0 Å². The van der Waals surface area contributed by atoms with E-state index in [4.69, 9.17) is 27.9 Å². The molecule has 0 saturated carbocycles. The third-order valence-electron chi connectivity index (χ3n) is 4.96. The van der Waals surface area contributed by atoms with E-state index in [-0.39, 0.29) is 23.7 Å². The van der Waals surface area contributed by atoms with Crippen LogP contribution >= 0.6 is 23.2 Å². The molecule has 26 heavy (non-hydrogen) atoms. The normalized spacial score (nSPS) is 20.2. The molecule has 0 unspecified atom stereocenters. The van der Waals surface area contributed by atoms with Crippen molar-refractivity contribution in [3.8, 4) is 0 Å². The van der Waals surface area contributed by atoms with Gasteiger partial charge in [-0.25, -0.2) is 9.59 Å². The van der Waals surface area contributed by atoms with Crippen molar-refractivity contribution in [3.05, 3.63) is 33.8 Å². The second-order valence-electron chi connectivity index (χ2n) is 7.35. The number of amides is 3. The number of hydrogen-bond donors (Lipinski definition) is 1. The van der Waals surface area contributed by atoms with Crippen molar-refractivity contribution in [1.29, 1.82) is 0 Å². The monoisotopic (exact) mass is 399 g/mol. The van der Waals surface area contributed by atoms with Gasteiger partial charge in [-0.15, -0.1) is 0 Å². The molecule has 142 valence electrons. The highest BCUT2D eigenvalue weighted by atomic mass is 35.5. The molecule has 2 saturated heterocycles. The van der Waals surface area contributed by atoms with Crippen LogP contribution in [0.5, 0.6) is 0 Å². The highest BCUT2D eigenvalue weighted by Crippen LogP contribution is 2.30. The van der Waals surface area contributed by atoms with E-state index in [1.807, 2.05) is 18.7 Å². The lowest BCUT2D eigenvalue weighted by Gasteiger charge is -2.40. The Morgan fingerprint density at radius 3 is 2.58 bits per heavy atom. The molecule has 0 aliphatic carbocycles. The Balaban J connectivity index is 1.51. The smallest absolute Gasteiger partial charge is 0.410 e. The Kier molecular flexibility index (Phi) is 5.53. The van der Waals surface area contributed by atoms with Crippen LogP contribution in [0.15, 0.2) is 18.2 Å². The molecule has 2 fully saturated rings. The van der Waals surface area contributed by atoms with E-state index in [0.717, 1.165) is 18.4 Å². The zero-order valence-electron chi connectivity index (χ0n) is 14.9. The Hall–Kier alpha value is -1.66. The van der Waals surface area contributed by atoms with E-state index in [1.165, 1.54) is 0 Å². The van der Waals surface area contributed by atoms with Gasteiger partial charge in [0.15, 0.2) is 0 Å². The molecule has 0 bridgehead atoms. The van der Waals surface area contributed by atoms with E-state index in [2.05, 4.69) is 5.32 Å². The molecule has 1 N–H and O–H groups in total. The van der Waals surface area contributed by atoms with Gasteiger partial charge >= 0.3 is 12.1 Å². The number of cyclic esters (lactones) is 1. The zero-order valence-corrected chi connectivity index (χ0v) is 16.4. The lowest BCUT2D eigenvalue weighted by Crippen LogP contribution is -2.54. The molecule has 2 aliphatic heterocycles. The summed E-state index contributed by atoms with van der Waals surface area (Å²) in [5.74, 6) is 0. The van der Waals surface area contributed by atoms with Gasteiger partial charge in [0, 0.05) is 35.7 Å². The van der Waals surface area contributed by atoms with Gasteiger partial charge in [0.05, 0.1) is 5.54 Å². The molecule has 3 amide bonds. The molecule has 2 aliphatic rings. The second-order valence-corrected chi connectivity index (χ2v) is 8.19. The van der Waals surface area contributed by atoms with Crippen LogP contribution in [-0.4, -0.2) is 53.2 Å². The minimum absolute atomic E-state index is 0.106. The molecular weight excluding hydrogens is 377 g/mol. The SMILES string of the molecule is CC1(C)COC(=O)N1C1CCN(C(=O)NCc2ccc(Cl)cc2Cl)CC1. The van der Waals surface area contributed by atoms with Gasteiger partial charge in [0.25, 0.3) is 0 Å². The summed E-state index contributed by atoms with van der Waals surface area (Å²) >= 11 is 12.0. The van der Waals surface area contributed by atoms with Crippen LogP contribution in [-0.2, 0) is 11.3 Å². The predicted molar refractivity (Wildman–Crippen MR) is 101 cm³/mol. The highest BCUT2D eigenvalue weighted by Gasteiger charge is 2.44. The lowest BCUT2D eigenvalue weighted by atomic mass is 9.97. The van der Waals surface area contributed by atoms with E-state index in [1.54, 1.807) is 23.1 Å². The van der Waals surface area contributed by atoms with Gasteiger partial charge in [-0.2, -0.15) is 0 Å². The molecule has 8 heteroatoms. The fraction of sp³-hybridized carbons (Fsp3) is 0.556. The molecule has 0 spiro atoms. The van der Waals surface area contributed by atoms with Gasteiger partial charge in [0.2, 0.25) is 0 Å². The summed E-state index contributed by atoms with van der Waals surface area (Å²) in [7, 11) is 0. The number of carbonyl (C=O) groups is 2. The Bertz CT molecular complexity index is 703. The number of likely N-dealkylation sites (tertiary alicyclic amines) is 1. The second kappa shape index (κ2) is 7.53. The van der Waals surface area contributed by atoms with Crippen LogP contribution in [0.4, 0.5) is 9.59 Å². The van der Waals surface area contributed by atoms with Crippen molar-refractivity contribution in [3.63, 3.8) is 0 Å². The van der Waals surface area contributed by atoms with Crippen LogP contribution in [0.2, 0.25) is 10.0 Å². The molecule has 3 rings (SSSR count). The molecular formula is C18H23Cl2N3O3. The minimum atomic E-state index is -0.294. The number of nitrogens with one attached hydrogen (secondary N) is 1. The first-order chi connectivity index (χ1) is 12.3. The van der Waals surface area contributed by atoms with Crippen LogP contribution in [0.1, 0.15) is 32.3 Å². The quantitative estimate of drug-likeness (QED) is 0.837. The maximum atomic E-state index is 12.4. The molecule has 6 nitrogen and oxygen atoms in total. The Labute approximate surface area is 163 Å². The summed E-state index contributed by atoms with van der Waals surface area (Å²) in [6.07, 6.45) is 1.23. The molecule has 1 aromatic carbocycles. The van der Waals surface area contributed by atoms with Crippen molar-refractivity contribution in [2.45, 2.75) is 44.8 Å². The molecule has 0 aromatic heterocycles. The summed E-state index contributed by atoms with van der Waals surface area (Å²) in [5.41, 5.74) is 0.526. The number of urea groups is 1. The number of piperidine rings is 1. The average molecular weight is 400 g/mol. The fourth-order valence-corrected chi connectivity index (χ4v) is 4.02. The Morgan fingerprint density at radius 1 is 1.31 bits per heavy atom. The number of benzene rings is 1. The number of halogens is 2. The van der Waals surface area contributed by atoms with Crippen molar-refractivity contribution in [1.82, 2.24) is 15.1 Å². The summed E-state index contributed by atoms with van der Waals surface area (Å²) in [6, 6.07) is 5.19. The van der Waals surface area contributed by atoms with E-state index < -0.39 is 0 Å². The lowest BCUT2D eigenvalue weighted by molar-refractivity contribution is 0.0936. The largest absolute Gasteiger partial charge is 0.447 e. The maximum Gasteiger partial charge on any atom is 0.410 e. The van der Waals surface area contributed by atoms with Crippen LogP contribution in [0.25, 0.3) is 0 Å². The predicted octanol–water partition coefficient (Wildman–Crippen LogP) is 3.90. The van der Waals surface area contributed by atoms with E-state index >= 15 is 0 Å². The Morgan fingerprint density at radius 2 is 2.00 bits per heavy atom. The number of ether oxygens (including phenoxy) is 1. The van der Waals surface area contributed by atoms with Gasteiger partial charge in [0.1, 0.15) is 6.61 Å². The van der Waals surface area contributed by atoms with Crippen molar-refractivity contribution in [2.75, 3.05) is 19.7 Å². The first kappa shape index (κ1) is 19.1. The van der Waals surface area contributed by atoms with Gasteiger partial charge in [-0.05, 0) is 44.4 Å². The third kappa shape index (κ3) is 4.01. The fourth-order valence-electron chi connectivity index (χ4n) is 3.54. The zero-order chi connectivity index (χ0) is 18.9. The van der Waals surface area contributed by atoms with E-state index in [0.29, 0.717) is 36.3 Å². The molecule has 0 atom stereocenters. The summed E-state index contributed by atoms with van der Waals surface area (Å²) in [5, 5.41) is 3.99. The summed E-state index contributed by atoms with van der Waals surface area (Å²) < 4.78 is 5.19. The van der Waals surface area contributed by atoms with Gasteiger partial charge in [-0.3, -0.25) is 4.90 Å². The van der Waals surface area contributed by atoms with E-state index in [9.17, 15) is 9.59 Å². The topological polar surface area (TPSA) is 61.9 Å². The van der Waals surface area contributed by atoms with Crippen molar-refractivity contribution >= 4 is 35.3 Å². The van der Waals surface area contributed by atoms with Crippen LogP contribution in [0.3, 0.4) is 0 Å². The number of carbonyl (C=O) groups excluding carboxylic acids is 2. The average Bonchev–Trinajstić information content (AvgIpc) is 2.87. The van der Waals surface area contributed by atoms with Gasteiger partial charge < -0.3 is 15.0 Å². The molecule has 0 radical (unpaired) electrons. The summed E-state index contributed by atoms with van der Waals surface area (Å²) in [6.45, 7) is 5.98. The first-order valence-electron chi connectivity index (χ1n) is 8.71. The third-order valence-corrected chi connectivity index (χ3v) is 5.55.